The summed E-state index contributed by atoms with van der Waals surface area (Å²) in [5.74, 6) is 7.83. The fraction of sp³-hybridized carbons (Fsp3) is 0.450. The van der Waals surface area contributed by atoms with Gasteiger partial charge in [0.15, 0.2) is 0 Å². The zero-order valence-electron chi connectivity index (χ0n) is 28.8. The smallest absolute Gasteiger partial charge is 0.125 e. The quantitative estimate of drug-likeness (QED) is 0.105. The highest BCUT2D eigenvalue weighted by Gasteiger charge is 2.42. The Morgan fingerprint density at radius 3 is 1.00 bits per heavy atom. The Morgan fingerprint density at radius 1 is 0.455 bits per heavy atom. The first kappa shape index (κ1) is 35.0. The van der Waals surface area contributed by atoms with Crippen LogP contribution in [0.2, 0.25) is 33.2 Å². The molecule has 4 rings (SSSR count). The first-order valence-electron chi connectivity index (χ1n) is 16.4. The maximum absolute atomic E-state index is 4.07. The minimum absolute atomic E-state index is 0.570. The predicted molar refractivity (Wildman–Crippen MR) is 210 cm³/mol. The fourth-order valence-corrected chi connectivity index (χ4v) is 19.5. The molecular formula is C40H50Br2Si2. The van der Waals surface area contributed by atoms with Gasteiger partial charge in [0.1, 0.15) is 16.1 Å². The summed E-state index contributed by atoms with van der Waals surface area (Å²) in [4.78, 5) is 0. The molecule has 0 aliphatic carbocycles. The van der Waals surface area contributed by atoms with Crippen molar-refractivity contribution >= 4 is 80.3 Å². The van der Waals surface area contributed by atoms with Crippen molar-refractivity contribution < 1.29 is 0 Å². The van der Waals surface area contributed by atoms with E-state index in [1.165, 1.54) is 32.3 Å². The maximum atomic E-state index is 4.07. The van der Waals surface area contributed by atoms with Crippen molar-refractivity contribution in [3.8, 4) is 22.9 Å². The molecule has 0 unspecified atom stereocenters. The lowest BCUT2D eigenvalue weighted by Crippen LogP contribution is -2.43. The van der Waals surface area contributed by atoms with Crippen LogP contribution in [0.15, 0.2) is 57.5 Å². The molecule has 0 aromatic heterocycles. The molecule has 0 amide bonds. The SMILES string of the molecule is CC(C)[Si](C#Cc1c2cc(Br)c(Br)cc2c(C#C[Si](C(C)C)(C(C)C)C(C)C)c2cc3ccccc3cc12)(C(C)C)C(C)C. The van der Waals surface area contributed by atoms with E-state index >= 15 is 0 Å². The molecular weight excluding hydrogens is 696 g/mol. The Balaban J connectivity index is 2.27. The second kappa shape index (κ2) is 13.5. The van der Waals surface area contributed by atoms with Gasteiger partial charge in [0.25, 0.3) is 0 Å². The van der Waals surface area contributed by atoms with Crippen molar-refractivity contribution in [3.05, 3.63) is 68.6 Å². The highest BCUT2D eigenvalue weighted by atomic mass is 79.9. The highest BCUT2D eigenvalue weighted by molar-refractivity contribution is 9.13. The standard InChI is InChI=1S/C40H50Br2Si2/c1-25(2)43(26(3)4,27(5)6)19-17-33-35-21-31-15-13-14-16-32(31)22-36(35)34(38-24-40(42)39(41)23-37(33)38)18-20-44(28(7)8,29(9)10)30(11)12/h13-16,21-30H,1-12H3. The predicted octanol–water partition coefficient (Wildman–Crippen LogP) is 13.8. The Morgan fingerprint density at radius 2 is 0.727 bits per heavy atom. The fourth-order valence-electron chi connectivity index (χ4n) is 8.38. The van der Waals surface area contributed by atoms with E-state index in [9.17, 15) is 0 Å². The van der Waals surface area contributed by atoms with E-state index in [-0.39, 0.29) is 0 Å². The van der Waals surface area contributed by atoms with Crippen LogP contribution in [0.5, 0.6) is 0 Å². The molecule has 232 valence electrons. The molecule has 0 radical (unpaired) electrons. The molecule has 4 aromatic rings. The Hall–Kier alpha value is -1.83. The number of fused-ring (bicyclic) bond motifs is 3. The molecule has 0 nitrogen and oxygen atoms in total. The number of halogens is 2. The molecule has 0 saturated carbocycles. The second-order valence-electron chi connectivity index (χ2n) is 14.6. The van der Waals surface area contributed by atoms with Crippen LogP contribution in [0.3, 0.4) is 0 Å². The van der Waals surface area contributed by atoms with Crippen LogP contribution in [-0.4, -0.2) is 16.1 Å². The normalized spacial score (nSPS) is 12.7. The number of benzene rings is 4. The topological polar surface area (TPSA) is 0 Å². The van der Waals surface area contributed by atoms with Gasteiger partial charge in [0.2, 0.25) is 0 Å². The van der Waals surface area contributed by atoms with E-state index in [1.807, 2.05) is 0 Å². The van der Waals surface area contributed by atoms with Gasteiger partial charge >= 0.3 is 0 Å². The summed E-state index contributed by atoms with van der Waals surface area (Å²) >= 11 is 7.70. The molecule has 0 heterocycles. The van der Waals surface area contributed by atoms with Crippen molar-refractivity contribution in [1.82, 2.24) is 0 Å². The Labute approximate surface area is 286 Å². The molecule has 0 fully saturated rings. The summed E-state index contributed by atoms with van der Waals surface area (Å²) in [5.41, 5.74) is 13.8. The van der Waals surface area contributed by atoms with E-state index in [2.05, 4.69) is 186 Å². The minimum atomic E-state index is -1.96. The van der Waals surface area contributed by atoms with Gasteiger partial charge in [-0.1, -0.05) is 119 Å². The average Bonchev–Trinajstić information content (AvgIpc) is 2.93. The molecule has 0 atom stereocenters. The summed E-state index contributed by atoms with van der Waals surface area (Å²) in [6.45, 7) is 28.7. The van der Waals surface area contributed by atoms with E-state index in [1.54, 1.807) is 0 Å². The summed E-state index contributed by atoms with van der Waals surface area (Å²) in [6.07, 6.45) is 0. The lowest BCUT2D eigenvalue weighted by molar-refractivity contribution is 0.838. The summed E-state index contributed by atoms with van der Waals surface area (Å²) in [6, 6.07) is 18.0. The summed E-state index contributed by atoms with van der Waals surface area (Å²) < 4.78 is 2.09. The highest BCUT2D eigenvalue weighted by Crippen LogP contribution is 2.44. The van der Waals surface area contributed by atoms with Crippen molar-refractivity contribution in [2.24, 2.45) is 0 Å². The molecule has 0 aliphatic heterocycles. The van der Waals surface area contributed by atoms with Gasteiger partial charge in [0.05, 0.1) is 0 Å². The van der Waals surface area contributed by atoms with Crippen molar-refractivity contribution in [1.29, 1.82) is 0 Å². The number of hydrogen-bond donors (Lipinski definition) is 0. The lowest BCUT2D eigenvalue weighted by Gasteiger charge is -2.38. The van der Waals surface area contributed by atoms with Crippen molar-refractivity contribution in [2.75, 3.05) is 0 Å². The average molecular weight is 747 g/mol. The molecule has 4 heteroatoms. The zero-order chi connectivity index (χ0) is 32.7. The molecule has 0 spiro atoms. The molecule has 0 bridgehead atoms. The third-order valence-corrected chi connectivity index (χ3v) is 25.0. The van der Waals surface area contributed by atoms with Crippen molar-refractivity contribution in [3.63, 3.8) is 0 Å². The van der Waals surface area contributed by atoms with Gasteiger partial charge < -0.3 is 0 Å². The number of rotatable bonds is 6. The van der Waals surface area contributed by atoms with Crippen molar-refractivity contribution in [2.45, 2.75) is 116 Å². The van der Waals surface area contributed by atoms with Gasteiger partial charge in [-0.05, 0) is 111 Å². The summed E-state index contributed by atoms with van der Waals surface area (Å²) in [7, 11) is -3.92. The van der Waals surface area contributed by atoms with Crippen LogP contribution < -0.4 is 0 Å². The van der Waals surface area contributed by atoms with Gasteiger partial charge in [-0.3, -0.25) is 0 Å². The van der Waals surface area contributed by atoms with Gasteiger partial charge in [-0.2, -0.15) is 0 Å². The molecule has 0 N–H and O–H groups in total. The minimum Gasteiger partial charge on any atom is -0.125 e. The third kappa shape index (κ3) is 6.02. The summed E-state index contributed by atoms with van der Waals surface area (Å²) in [5, 5.41) is 7.29. The van der Waals surface area contributed by atoms with Crippen LogP contribution >= 0.6 is 31.9 Å². The first-order valence-corrected chi connectivity index (χ1v) is 22.5. The maximum Gasteiger partial charge on any atom is 0.146 e. The molecule has 0 aliphatic rings. The molecule has 4 aromatic carbocycles. The molecule has 44 heavy (non-hydrogen) atoms. The largest absolute Gasteiger partial charge is 0.146 e. The first-order chi connectivity index (χ1) is 20.6. The molecule has 0 saturated heterocycles. The second-order valence-corrected chi connectivity index (χ2v) is 27.5. The van der Waals surface area contributed by atoms with E-state index in [0.29, 0.717) is 33.2 Å². The lowest BCUT2D eigenvalue weighted by atomic mass is 9.90. The zero-order valence-corrected chi connectivity index (χ0v) is 34.0. The van der Waals surface area contributed by atoms with E-state index in [4.69, 9.17) is 0 Å². The van der Waals surface area contributed by atoms with Gasteiger partial charge in [-0.15, -0.1) is 11.1 Å². The monoisotopic (exact) mass is 744 g/mol. The van der Waals surface area contributed by atoms with E-state index < -0.39 is 16.1 Å². The number of hydrogen-bond acceptors (Lipinski definition) is 0. The Kier molecular flexibility index (Phi) is 10.7. The van der Waals surface area contributed by atoms with Gasteiger partial charge in [0, 0.05) is 30.8 Å². The Bertz CT molecular complexity index is 1640. The van der Waals surface area contributed by atoms with Crippen LogP contribution in [0, 0.1) is 22.9 Å². The van der Waals surface area contributed by atoms with Crippen LogP contribution in [0.25, 0.3) is 32.3 Å². The van der Waals surface area contributed by atoms with Crippen LogP contribution in [0.4, 0.5) is 0 Å². The van der Waals surface area contributed by atoms with Crippen LogP contribution in [0.1, 0.15) is 94.2 Å². The van der Waals surface area contributed by atoms with Gasteiger partial charge in [-0.25, -0.2) is 0 Å². The third-order valence-electron chi connectivity index (χ3n) is 10.6. The van der Waals surface area contributed by atoms with E-state index in [0.717, 1.165) is 20.1 Å². The van der Waals surface area contributed by atoms with Crippen LogP contribution in [-0.2, 0) is 0 Å².